The van der Waals surface area contributed by atoms with Crippen molar-refractivity contribution in [3.63, 3.8) is 0 Å². The maximum Gasteiger partial charge on any atom is 0.227 e. The standard InChI is InChI=1S/C20H27NO2/c1-2-3-5-14-8-10-18(11-9-14)21-20(23)17-12-15-6-4-7-16(13-17)19(15)22/h8-11,15-17H,2-7,12-13H2,1H3,(H,21,23). The number of Topliss-reactive ketones (excluding diaryl/α,β-unsaturated/α-hetero) is 1. The summed E-state index contributed by atoms with van der Waals surface area (Å²) in [5.74, 6) is 0.781. The first-order valence-corrected chi connectivity index (χ1v) is 9.11. The van der Waals surface area contributed by atoms with E-state index in [1.807, 2.05) is 12.1 Å². The minimum Gasteiger partial charge on any atom is -0.326 e. The molecule has 1 N–H and O–H groups in total. The van der Waals surface area contributed by atoms with Crippen LogP contribution in [0.3, 0.4) is 0 Å². The van der Waals surface area contributed by atoms with E-state index in [-0.39, 0.29) is 23.7 Å². The number of carbonyl (C=O) groups excluding carboxylic acids is 2. The predicted octanol–water partition coefficient (Wildman–Crippen LogP) is 4.36. The Morgan fingerprint density at radius 3 is 2.39 bits per heavy atom. The fraction of sp³-hybridized carbons (Fsp3) is 0.600. The van der Waals surface area contributed by atoms with Crippen LogP contribution in [0, 0.1) is 17.8 Å². The van der Waals surface area contributed by atoms with Gasteiger partial charge < -0.3 is 5.32 Å². The van der Waals surface area contributed by atoms with Crippen LogP contribution in [0.2, 0.25) is 0 Å². The number of nitrogens with one attached hydrogen (secondary N) is 1. The summed E-state index contributed by atoms with van der Waals surface area (Å²) in [4.78, 5) is 24.7. The number of unbranched alkanes of at least 4 members (excludes halogenated alkanes) is 1. The van der Waals surface area contributed by atoms with Crippen molar-refractivity contribution in [1.82, 2.24) is 0 Å². The molecular formula is C20H27NO2. The van der Waals surface area contributed by atoms with Crippen LogP contribution >= 0.6 is 0 Å². The average molecular weight is 313 g/mol. The average Bonchev–Trinajstić information content (AvgIpc) is 2.54. The molecule has 2 fully saturated rings. The molecule has 2 atom stereocenters. The van der Waals surface area contributed by atoms with Crippen molar-refractivity contribution in [3.05, 3.63) is 29.8 Å². The lowest BCUT2D eigenvalue weighted by molar-refractivity contribution is -0.136. The van der Waals surface area contributed by atoms with E-state index in [2.05, 4.69) is 24.4 Å². The van der Waals surface area contributed by atoms with Gasteiger partial charge in [0.2, 0.25) is 5.91 Å². The molecule has 2 aliphatic rings. The molecule has 0 spiro atoms. The van der Waals surface area contributed by atoms with E-state index < -0.39 is 0 Å². The molecule has 1 aromatic carbocycles. The third-order valence-corrected chi connectivity index (χ3v) is 5.46. The summed E-state index contributed by atoms with van der Waals surface area (Å²) in [6.45, 7) is 2.19. The zero-order valence-corrected chi connectivity index (χ0v) is 14.0. The Morgan fingerprint density at radius 2 is 1.78 bits per heavy atom. The molecule has 2 aliphatic carbocycles. The van der Waals surface area contributed by atoms with Gasteiger partial charge in [-0.1, -0.05) is 31.9 Å². The van der Waals surface area contributed by atoms with Crippen LogP contribution in [0.1, 0.15) is 57.4 Å². The second-order valence-corrected chi connectivity index (χ2v) is 7.19. The molecule has 3 heteroatoms. The van der Waals surface area contributed by atoms with Gasteiger partial charge in [0.1, 0.15) is 5.78 Å². The van der Waals surface area contributed by atoms with Crippen molar-refractivity contribution in [2.24, 2.45) is 17.8 Å². The zero-order chi connectivity index (χ0) is 16.2. The topological polar surface area (TPSA) is 46.2 Å². The Bertz CT molecular complexity index is 548. The van der Waals surface area contributed by atoms with Crippen LogP contribution in [-0.2, 0) is 16.0 Å². The fourth-order valence-corrected chi connectivity index (χ4v) is 4.07. The number of hydrogen-bond donors (Lipinski definition) is 1. The molecular weight excluding hydrogens is 286 g/mol. The van der Waals surface area contributed by atoms with Crippen LogP contribution in [-0.4, -0.2) is 11.7 Å². The van der Waals surface area contributed by atoms with E-state index in [0.717, 1.165) is 44.2 Å². The first-order chi connectivity index (χ1) is 11.2. The third kappa shape index (κ3) is 3.82. The minimum atomic E-state index is 0.00256. The number of amides is 1. The summed E-state index contributed by atoms with van der Waals surface area (Å²) in [7, 11) is 0. The smallest absolute Gasteiger partial charge is 0.227 e. The molecule has 23 heavy (non-hydrogen) atoms. The Kier molecular flexibility index (Phi) is 5.14. The molecule has 0 aromatic heterocycles. The van der Waals surface area contributed by atoms with E-state index in [1.54, 1.807) is 0 Å². The highest BCUT2D eigenvalue weighted by Crippen LogP contribution is 2.40. The summed E-state index contributed by atoms with van der Waals surface area (Å²) in [6.07, 6.45) is 8.08. The lowest BCUT2D eigenvalue weighted by atomic mass is 9.67. The van der Waals surface area contributed by atoms with Gasteiger partial charge in [0.25, 0.3) is 0 Å². The van der Waals surface area contributed by atoms with Crippen LogP contribution < -0.4 is 5.32 Å². The van der Waals surface area contributed by atoms with Crippen molar-refractivity contribution in [1.29, 1.82) is 0 Å². The minimum absolute atomic E-state index is 0.00256. The summed E-state index contributed by atoms with van der Waals surface area (Å²) in [5, 5.41) is 3.05. The third-order valence-electron chi connectivity index (χ3n) is 5.46. The Balaban J connectivity index is 1.57. The maximum atomic E-state index is 12.5. The molecule has 1 aromatic rings. The first kappa shape index (κ1) is 16.2. The SMILES string of the molecule is CCCCc1ccc(NC(=O)C2CC3CCCC(C2)C3=O)cc1. The number of ketones is 1. The summed E-state index contributed by atoms with van der Waals surface area (Å²) in [6, 6.07) is 8.20. The Morgan fingerprint density at radius 1 is 1.13 bits per heavy atom. The Labute approximate surface area is 138 Å². The normalized spacial score (nSPS) is 26.8. The van der Waals surface area contributed by atoms with Crippen molar-refractivity contribution in [2.45, 2.75) is 58.3 Å². The van der Waals surface area contributed by atoms with Crippen LogP contribution in [0.4, 0.5) is 5.69 Å². The molecule has 3 nitrogen and oxygen atoms in total. The highest BCUT2D eigenvalue weighted by atomic mass is 16.2. The van der Waals surface area contributed by atoms with Crippen molar-refractivity contribution >= 4 is 17.4 Å². The monoisotopic (exact) mass is 313 g/mol. The van der Waals surface area contributed by atoms with Crippen molar-refractivity contribution < 1.29 is 9.59 Å². The second kappa shape index (κ2) is 7.29. The molecule has 2 bridgehead atoms. The molecule has 3 rings (SSSR count). The molecule has 0 aliphatic heterocycles. The fourth-order valence-electron chi connectivity index (χ4n) is 4.07. The number of benzene rings is 1. The van der Waals surface area contributed by atoms with Gasteiger partial charge in [-0.2, -0.15) is 0 Å². The lowest BCUT2D eigenvalue weighted by Gasteiger charge is -2.36. The number of fused-ring (bicyclic) bond motifs is 2. The maximum absolute atomic E-state index is 12.5. The summed E-state index contributed by atoms with van der Waals surface area (Å²) in [5.41, 5.74) is 2.19. The number of anilines is 1. The van der Waals surface area contributed by atoms with Crippen molar-refractivity contribution in [2.75, 3.05) is 5.32 Å². The molecule has 0 heterocycles. The predicted molar refractivity (Wildman–Crippen MR) is 92.2 cm³/mol. The molecule has 0 radical (unpaired) electrons. The van der Waals surface area contributed by atoms with E-state index >= 15 is 0 Å². The molecule has 0 saturated heterocycles. The number of aryl methyl sites for hydroxylation is 1. The van der Waals surface area contributed by atoms with Gasteiger partial charge in [-0.15, -0.1) is 0 Å². The summed E-state index contributed by atoms with van der Waals surface area (Å²) >= 11 is 0. The van der Waals surface area contributed by atoms with E-state index in [9.17, 15) is 9.59 Å². The molecule has 124 valence electrons. The highest BCUT2D eigenvalue weighted by Gasteiger charge is 2.41. The molecule has 1 amide bonds. The van der Waals surface area contributed by atoms with E-state index in [0.29, 0.717) is 5.78 Å². The van der Waals surface area contributed by atoms with Gasteiger partial charge in [0, 0.05) is 23.4 Å². The zero-order valence-electron chi connectivity index (χ0n) is 14.0. The van der Waals surface area contributed by atoms with E-state index in [1.165, 1.54) is 18.4 Å². The largest absolute Gasteiger partial charge is 0.326 e. The lowest BCUT2D eigenvalue weighted by Crippen LogP contribution is -2.40. The highest BCUT2D eigenvalue weighted by molar-refractivity contribution is 5.95. The quantitative estimate of drug-likeness (QED) is 0.877. The van der Waals surface area contributed by atoms with Crippen LogP contribution in [0.25, 0.3) is 0 Å². The first-order valence-electron chi connectivity index (χ1n) is 9.11. The number of rotatable bonds is 5. The van der Waals surface area contributed by atoms with Crippen LogP contribution in [0.5, 0.6) is 0 Å². The summed E-state index contributed by atoms with van der Waals surface area (Å²) < 4.78 is 0. The Hall–Kier alpha value is -1.64. The van der Waals surface area contributed by atoms with Gasteiger partial charge in [-0.05, 0) is 56.2 Å². The van der Waals surface area contributed by atoms with Crippen LogP contribution in [0.15, 0.2) is 24.3 Å². The van der Waals surface area contributed by atoms with Gasteiger partial charge in [0.05, 0.1) is 0 Å². The van der Waals surface area contributed by atoms with Crippen molar-refractivity contribution in [3.8, 4) is 0 Å². The van der Waals surface area contributed by atoms with Gasteiger partial charge in [-0.3, -0.25) is 9.59 Å². The molecule has 2 unspecified atom stereocenters. The van der Waals surface area contributed by atoms with E-state index in [4.69, 9.17) is 0 Å². The number of hydrogen-bond acceptors (Lipinski definition) is 2. The van der Waals surface area contributed by atoms with Gasteiger partial charge in [-0.25, -0.2) is 0 Å². The molecule has 2 saturated carbocycles. The second-order valence-electron chi connectivity index (χ2n) is 7.19. The number of carbonyl (C=O) groups is 2. The van der Waals surface area contributed by atoms with Gasteiger partial charge in [0.15, 0.2) is 0 Å². The van der Waals surface area contributed by atoms with Gasteiger partial charge >= 0.3 is 0 Å².